The second kappa shape index (κ2) is 8.44. The van der Waals surface area contributed by atoms with Gasteiger partial charge in [0.15, 0.2) is 0 Å². The summed E-state index contributed by atoms with van der Waals surface area (Å²) in [6.07, 6.45) is -0.114. The number of hydrogen-bond acceptors (Lipinski definition) is 4. The molecule has 0 saturated carbocycles. The van der Waals surface area contributed by atoms with Crippen molar-refractivity contribution in [3.05, 3.63) is 50.2 Å². The summed E-state index contributed by atoms with van der Waals surface area (Å²) in [5.74, 6) is -0.323. The molecule has 110 valence electrons. The summed E-state index contributed by atoms with van der Waals surface area (Å²) in [5, 5.41) is 9.60. The number of carbonyl (C=O) groups excluding carboxylic acids is 1. The predicted molar refractivity (Wildman–Crippen MR) is 76.9 cm³/mol. The highest BCUT2D eigenvalue weighted by Crippen LogP contribution is 2.19. The molecule has 0 bridgehead atoms. The summed E-state index contributed by atoms with van der Waals surface area (Å²) in [7, 11) is 1.55. The van der Waals surface area contributed by atoms with E-state index in [4.69, 9.17) is 15.8 Å². The highest BCUT2D eigenvalue weighted by atomic mass is 16.5. The molecule has 1 rings (SSSR count). The molecule has 0 unspecified atom stereocenters. The van der Waals surface area contributed by atoms with Gasteiger partial charge in [0.2, 0.25) is 0 Å². The zero-order valence-electron chi connectivity index (χ0n) is 11.7. The third-order valence-corrected chi connectivity index (χ3v) is 2.67. The van der Waals surface area contributed by atoms with E-state index < -0.39 is 0 Å². The van der Waals surface area contributed by atoms with E-state index >= 15 is 0 Å². The lowest BCUT2D eigenvalue weighted by molar-refractivity contribution is 0.0870. The molecule has 0 saturated heterocycles. The van der Waals surface area contributed by atoms with Crippen LogP contribution in [0, 0.1) is 0 Å². The molecule has 9 heteroatoms. The molecule has 9 nitrogen and oxygen atoms in total. The highest BCUT2D eigenvalue weighted by molar-refractivity contribution is 5.95. The maximum absolute atomic E-state index is 12.0. The van der Waals surface area contributed by atoms with E-state index in [2.05, 4.69) is 25.4 Å². The van der Waals surface area contributed by atoms with Crippen LogP contribution in [0.2, 0.25) is 0 Å². The summed E-state index contributed by atoms with van der Waals surface area (Å²) in [6, 6.07) is 4.60. The minimum absolute atomic E-state index is 0.0695. The second-order valence-corrected chi connectivity index (χ2v) is 4.22. The lowest BCUT2D eigenvalue weighted by Crippen LogP contribution is -2.31. The topological polar surface area (TPSA) is 136 Å². The Morgan fingerprint density at radius 1 is 1.38 bits per heavy atom. The molecule has 1 aromatic rings. The third-order valence-electron chi connectivity index (χ3n) is 2.67. The fourth-order valence-corrected chi connectivity index (χ4v) is 1.54. The van der Waals surface area contributed by atoms with Gasteiger partial charge in [-0.05, 0) is 41.7 Å². The first-order valence-corrected chi connectivity index (χ1v) is 6.11. The van der Waals surface area contributed by atoms with E-state index in [0.717, 1.165) is 0 Å². The number of rotatable bonds is 7. The lowest BCUT2D eigenvalue weighted by Gasteiger charge is -2.11. The number of nitrogens with zero attached hydrogens (tertiary/aromatic N) is 6. The van der Waals surface area contributed by atoms with Gasteiger partial charge < -0.3 is 10.1 Å². The van der Waals surface area contributed by atoms with Crippen LogP contribution in [0.4, 0.5) is 5.69 Å². The maximum Gasteiger partial charge on any atom is 0.251 e. The molecule has 0 aliphatic heterocycles. The maximum atomic E-state index is 12.0. The van der Waals surface area contributed by atoms with Gasteiger partial charge in [0, 0.05) is 34.7 Å². The molecular weight excluding hydrogens is 274 g/mol. The quantitative estimate of drug-likeness (QED) is 0.468. The molecule has 0 fully saturated rings. The molecule has 0 aliphatic carbocycles. The van der Waals surface area contributed by atoms with Gasteiger partial charge in [0.25, 0.3) is 5.91 Å². The first kappa shape index (κ1) is 16.3. The van der Waals surface area contributed by atoms with E-state index in [0.29, 0.717) is 17.7 Å². The van der Waals surface area contributed by atoms with E-state index in [-0.39, 0.29) is 24.2 Å². The Hall–Kier alpha value is -2.73. The van der Waals surface area contributed by atoms with Crippen molar-refractivity contribution >= 4 is 11.6 Å². The van der Waals surface area contributed by atoms with Gasteiger partial charge >= 0.3 is 0 Å². The summed E-state index contributed by atoms with van der Waals surface area (Å²) in [4.78, 5) is 17.4. The van der Waals surface area contributed by atoms with Crippen LogP contribution < -0.4 is 5.32 Å². The third kappa shape index (κ3) is 5.42. The van der Waals surface area contributed by atoms with Gasteiger partial charge in [-0.25, -0.2) is 0 Å². The van der Waals surface area contributed by atoms with Crippen molar-refractivity contribution in [2.75, 3.05) is 13.7 Å². The number of nitrogens with one attached hydrogen (secondary N) is 1. The zero-order chi connectivity index (χ0) is 15.7. The van der Waals surface area contributed by atoms with E-state index in [1.54, 1.807) is 19.2 Å². The summed E-state index contributed by atoms with van der Waals surface area (Å²) >= 11 is 0. The first-order chi connectivity index (χ1) is 10.1. The minimum Gasteiger partial charge on any atom is -0.380 e. The molecule has 1 aromatic carbocycles. The molecule has 1 amide bonds. The van der Waals surface area contributed by atoms with Gasteiger partial charge in [-0.1, -0.05) is 10.2 Å². The van der Waals surface area contributed by atoms with Crippen LogP contribution >= 0.6 is 0 Å². The largest absolute Gasteiger partial charge is 0.380 e. The Balaban J connectivity index is 2.98. The molecule has 21 heavy (non-hydrogen) atoms. The van der Waals surface area contributed by atoms with Crippen molar-refractivity contribution in [3.63, 3.8) is 0 Å². The predicted octanol–water partition coefficient (Wildman–Crippen LogP) is 3.20. The van der Waals surface area contributed by atoms with Crippen molar-refractivity contribution < 1.29 is 9.53 Å². The van der Waals surface area contributed by atoms with Gasteiger partial charge in [-0.2, -0.15) is 0 Å². The number of methoxy groups -OCH3 is 1. The Morgan fingerprint density at radius 2 is 2.14 bits per heavy atom. The van der Waals surface area contributed by atoms with Crippen molar-refractivity contribution in [1.82, 2.24) is 5.32 Å². The molecule has 0 heterocycles. The van der Waals surface area contributed by atoms with Crippen LogP contribution in [-0.4, -0.2) is 25.7 Å². The fourth-order valence-electron chi connectivity index (χ4n) is 1.54. The summed E-state index contributed by atoms with van der Waals surface area (Å²) in [5.41, 5.74) is 18.0. The molecule has 0 radical (unpaired) electrons. The van der Waals surface area contributed by atoms with E-state index in [1.165, 1.54) is 6.07 Å². The zero-order valence-corrected chi connectivity index (χ0v) is 11.7. The highest BCUT2D eigenvalue weighted by Gasteiger charge is 2.09. The number of carbonyl (C=O) groups is 1. The first-order valence-electron chi connectivity index (χ1n) is 6.11. The van der Waals surface area contributed by atoms with Gasteiger partial charge in [-0.15, -0.1) is 0 Å². The van der Waals surface area contributed by atoms with Gasteiger partial charge in [-0.3, -0.25) is 4.79 Å². The van der Waals surface area contributed by atoms with Crippen LogP contribution in [0.25, 0.3) is 20.9 Å². The van der Waals surface area contributed by atoms with Crippen LogP contribution in [0.15, 0.2) is 28.4 Å². The molecular formula is C12H15N7O2. The number of hydrogen-bond donors (Lipinski definition) is 1. The fraction of sp³-hybridized carbons (Fsp3) is 0.417. The average molecular weight is 289 g/mol. The molecule has 0 spiro atoms. The normalized spacial score (nSPS) is 11.0. The van der Waals surface area contributed by atoms with Crippen molar-refractivity contribution in [3.8, 4) is 0 Å². The SMILES string of the molecule is CO[C@H](C)CNC(=O)c1cc(CN=[N+]=[N-])cc(N=[N+]=[N-])c1. The number of azide groups is 2. The van der Waals surface area contributed by atoms with Crippen LogP contribution in [0.1, 0.15) is 22.8 Å². The summed E-state index contributed by atoms with van der Waals surface area (Å²) in [6.45, 7) is 2.25. The number of benzene rings is 1. The van der Waals surface area contributed by atoms with Crippen LogP contribution in [-0.2, 0) is 11.3 Å². The van der Waals surface area contributed by atoms with Gasteiger partial charge in [0.1, 0.15) is 0 Å². The Morgan fingerprint density at radius 3 is 2.76 bits per heavy atom. The molecule has 1 N–H and O–H groups in total. The number of ether oxygens (including phenoxy) is 1. The van der Waals surface area contributed by atoms with Crippen LogP contribution in [0.3, 0.4) is 0 Å². The van der Waals surface area contributed by atoms with E-state index in [9.17, 15) is 4.79 Å². The van der Waals surface area contributed by atoms with Crippen molar-refractivity contribution in [2.45, 2.75) is 19.6 Å². The lowest BCUT2D eigenvalue weighted by atomic mass is 10.1. The Kier molecular flexibility index (Phi) is 6.56. The molecule has 0 aliphatic rings. The standard InChI is InChI=1S/C12H15N7O2/c1-8(21-2)6-15-12(20)10-3-9(7-16-18-13)4-11(5-10)17-19-14/h3-5,8H,6-7H2,1-2H3,(H,15,20)/t8-/m1/s1. The van der Waals surface area contributed by atoms with Crippen LogP contribution in [0.5, 0.6) is 0 Å². The Labute approximate surface area is 121 Å². The number of amides is 1. The smallest absolute Gasteiger partial charge is 0.251 e. The second-order valence-electron chi connectivity index (χ2n) is 4.22. The summed E-state index contributed by atoms with van der Waals surface area (Å²) < 4.78 is 5.04. The van der Waals surface area contributed by atoms with E-state index in [1.807, 2.05) is 6.92 Å². The average Bonchev–Trinajstić information content (AvgIpc) is 2.50. The van der Waals surface area contributed by atoms with Gasteiger partial charge in [0.05, 0.1) is 12.6 Å². The minimum atomic E-state index is -0.323. The molecule has 1 atom stereocenters. The monoisotopic (exact) mass is 289 g/mol. The Bertz CT molecular complexity index is 604. The van der Waals surface area contributed by atoms with Crippen molar-refractivity contribution in [2.24, 2.45) is 10.2 Å². The van der Waals surface area contributed by atoms with Crippen molar-refractivity contribution in [1.29, 1.82) is 0 Å². The molecule has 0 aromatic heterocycles.